The molecule has 0 saturated carbocycles. The summed E-state index contributed by atoms with van der Waals surface area (Å²) >= 11 is 5.68. The predicted octanol–water partition coefficient (Wildman–Crippen LogP) is 3.13. The highest BCUT2D eigenvalue weighted by Crippen LogP contribution is 2.33. The summed E-state index contributed by atoms with van der Waals surface area (Å²) in [5, 5.41) is 20.1. The summed E-state index contributed by atoms with van der Waals surface area (Å²) in [5.41, 5.74) is -0.573. The molecule has 0 radical (unpaired) electrons. The molecule has 1 aromatic carbocycles. The summed E-state index contributed by atoms with van der Waals surface area (Å²) in [6, 6.07) is 6.49. The fraction of sp³-hybridized carbons (Fsp3) is 0. The van der Waals surface area contributed by atoms with E-state index in [1.807, 2.05) is 0 Å². The van der Waals surface area contributed by atoms with Gasteiger partial charge < -0.3 is 9.84 Å². The Kier molecular flexibility index (Phi) is 3.81. The van der Waals surface area contributed by atoms with Crippen LogP contribution in [0, 0.1) is 10.1 Å². The van der Waals surface area contributed by atoms with Gasteiger partial charge in [-0.1, -0.05) is 11.6 Å². The second kappa shape index (κ2) is 5.54. The number of hydrogen-bond donors (Lipinski definition) is 1. The highest BCUT2D eigenvalue weighted by molar-refractivity contribution is 6.30. The van der Waals surface area contributed by atoms with Gasteiger partial charge in [0, 0.05) is 17.3 Å². The fourth-order valence-corrected chi connectivity index (χ4v) is 1.62. The van der Waals surface area contributed by atoms with Crippen molar-refractivity contribution in [2.45, 2.75) is 0 Å². The molecule has 1 N–H and O–H groups in total. The van der Waals surface area contributed by atoms with Gasteiger partial charge in [-0.15, -0.1) is 0 Å². The first-order valence-electron chi connectivity index (χ1n) is 5.29. The molecule has 0 unspecified atom stereocenters. The maximum Gasteiger partial charge on any atom is 0.341 e. The monoisotopic (exact) mass is 294 g/mol. The number of rotatable bonds is 4. The van der Waals surface area contributed by atoms with Crippen LogP contribution in [0.2, 0.25) is 5.02 Å². The van der Waals surface area contributed by atoms with Crippen LogP contribution >= 0.6 is 11.6 Å². The Labute approximate surface area is 117 Å². The number of ether oxygens (including phenoxy) is 1. The van der Waals surface area contributed by atoms with Crippen molar-refractivity contribution in [2.24, 2.45) is 0 Å². The minimum atomic E-state index is -1.25. The SMILES string of the molecule is O=C(O)c1cccnc1Oc1ccc(Cl)cc1[N+](=O)[O-]. The van der Waals surface area contributed by atoms with Gasteiger partial charge >= 0.3 is 11.7 Å². The Hall–Kier alpha value is -2.67. The number of halogens is 1. The molecule has 1 heterocycles. The van der Waals surface area contributed by atoms with E-state index in [0.29, 0.717) is 0 Å². The molecule has 0 aliphatic carbocycles. The van der Waals surface area contributed by atoms with Crippen LogP contribution in [0.3, 0.4) is 0 Å². The van der Waals surface area contributed by atoms with Crippen molar-refractivity contribution in [3.63, 3.8) is 0 Å². The lowest BCUT2D eigenvalue weighted by molar-refractivity contribution is -0.385. The topological polar surface area (TPSA) is 103 Å². The van der Waals surface area contributed by atoms with Crippen molar-refractivity contribution in [3.8, 4) is 11.6 Å². The van der Waals surface area contributed by atoms with E-state index >= 15 is 0 Å². The molecule has 102 valence electrons. The number of carboxylic acids is 1. The highest BCUT2D eigenvalue weighted by atomic mass is 35.5. The summed E-state index contributed by atoms with van der Waals surface area (Å²) in [4.78, 5) is 25.0. The number of hydrogen-bond acceptors (Lipinski definition) is 5. The van der Waals surface area contributed by atoms with Gasteiger partial charge in [0.15, 0.2) is 0 Å². The molecule has 7 nitrogen and oxygen atoms in total. The molecule has 0 spiro atoms. The molecule has 2 aromatic rings. The Morgan fingerprint density at radius 1 is 1.40 bits per heavy atom. The molecular formula is C12H7ClN2O5. The van der Waals surface area contributed by atoms with E-state index in [-0.39, 0.29) is 27.9 Å². The number of pyridine rings is 1. The highest BCUT2D eigenvalue weighted by Gasteiger charge is 2.20. The first-order valence-corrected chi connectivity index (χ1v) is 5.67. The zero-order valence-electron chi connectivity index (χ0n) is 9.82. The third kappa shape index (κ3) is 2.83. The van der Waals surface area contributed by atoms with Crippen LogP contribution in [0.15, 0.2) is 36.5 Å². The molecular weight excluding hydrogens is 288 g/mol. The van der Waals surface area contributed by atoms with Gasteiger partial charge in [-0.3, -0.25) is 10.1 Å². The van der Waals surface area contributed by atoms with E-state index in [4.69, 9.17) is 21.4 Å². The first kappa shape index (κ1) is 13.8. The second-order valence-corrected chi connectivity index (χ2v) is 4.07. The molecule has 1 aromatic heterocycles. The average molecular weight is 295 g/mol. The number of aromatic carboxylic acids is 1. The third-order valence-electron chi connectivity index (χ3n) is 2.33. The van der Waals surface area contributed by atoms with Gasteiger partial charge in [0.25, 0.3) is 0 Å². The number of nitro benzene ring substituents is 1. The molecule has 0 aliphatic rings. The number of carbonyl (C=O) groups is 1. The molecule has 0 aliphatic heterocycles. The lowest BCUT2D eigenvalue weighted by Crippen LogP contribution is -2.02. The molecule has 0 atom stereocenters. The normalized spacial score (nSPS) is 10.1. The largest absolute Gasteiger partial charge is 0.477 e. The Bertz CT molecular complexity index is 689. The van der Waals surface area contributed by atoms with Crippen LogP contribution in [0.25, 0.3) is 0 Å². The van der Waals surface area contributed by atoms with E-state index in [1.54, 1.807) is 0 Å². The number of carboxylic acid groups (broad SMARTS) is 1. The molecule has 0 saturated heterocycles. The Morgan fingerprint density at radius 2 is 2.15 bits per heavy atom. The molecule has 20 heavy (non-hydrogen) atoms. The summed E-state index contributed by atoms with van der Waals surface area (Å²) in [6.07, 6.45) is 1.32. The zero-order chi connectivity index (χ0) is 14.7. The molecule has 2 rings (SSSR count). The summed E-state index contributed by atoms with van der Waals surface area (Å²) in [5.74, 6) is -1.62. The van der Waals surface area contributed by atoms with Crippen molar-refractivity contribution in [2.75, 3.05) is 0 Å². The summed E-state index contributed by atoms with van der Waals surface area (Å²) in [7, 11) is 0. The molecule has 0 fully saturated rings. The first-order chi connectivity index (χ1) is 9.49. The maximum atomic E-state index is 11.0. The van der Waals surface area contributed by atoms with Gasteiger partial charge in [0.1, 0.15) is 5.56 Å². The predicted molar refractivity (Wildman–Crippen MR) is 69.4 cm³/mol. The lowest BCUT2D eigenvalue weighted by atomic mass is 10.2. The number of benzene rings is 1. The van der Waals surface area contributed by atoms with Gasteiger partial charge in [0.05, 0.1) is 4.92 Å². The van der Waals surface area contributed by atoms with Crippen molar-refractivity contribution in [1.82, 2.24) is 4.98 Å². The molecule has 8 heteroatoms. The van der Waals surface area contributed by atoms with Gasteiger partial charge in [-0.05, 0) is 24.3 Å². The lowest BCUT2D eigenvalue weighted by Gasteiger charge is -2.07. The summed E-state index contributed by atoms with van der Waals surface area (Å²) in [6.45, 7) is 0. The van der Waals surface area contributed by atoms with Crippen LogP contribution in [0.4, 0.5) is 5.69 Å². The van der Waals surface area contributed by atoms with E-state index in [9.17, 15) is 14.9 Å². The standard InChI is InChI=1S/C12H7ClN2O5/c13-7-3-4-10(9(6-7)15(18)19)20-11-8(12(16)17)2-1-5-14-11/h1-6H,(H,16,17). The van der Waals surface area contributed by atoms with Gasteiger partial charge in [-0.2, -0.15) is 0 Å². The van der Waals surface area contributed by atoms with Gasteiger partial charge in [-0.25, -0.2) is 9.78 Å². The Morgan fingerprint density at radius 3 is 2.80 bits per heavy atom. The third-order valence-corrected chi connectivity index (χ3v) is 2.56. The fourth-order valence-electron chi connectivity index (χ4n) is 1.46. The van der Waals surface area contributed by atoms with E-state index in [1.165, 1.54) is 30.5 Å². The average Bonchev–Trinajstić information content (AvgIpc) is 2.41. The van der Waals surface area contributed by atoms with E-state index in [0.717, 1.165) is 6.07 Å². The number of nitrogens with zero attached hydrogens (tertiary/aromatic N) is 2. The number of nitro groups is 1. The van der Waals surface area contributed by atoms with Crippen LogP contribution in [-0.4, -0.2) is 21.0 Å². The van der Waals surface area contributed by atoms with Crippen molar-refractivity contribution in [3.05, 3.63) is 57.2 Å². The summed E-state index contributed by atoms with van der Waals surface area (Å²) < 4.78 is 5.23. The second-order valence-electron chi connectivity index (χ2n) is 3.63. The zero-order valence-corrected chi connectivity index (χ0v) is 10.6. The van der Waals surface area contributed by atoms with Crippen molar-refractivity contribution in [1.29, 1.82) is 0 Å². The van der Waals surface area contributed by atoms with Crippen LogP contribution in [0.5, 0.6) is 11.6 Å². The van der Waals surface area contributed by atoms with Gasteiger partial charge in [0.2, 0.25) is 11.6 Å². The van der Waals surface area contributed by atoms with Crippen LogP contribution in [-0.2, 0) is 0 Å². The molecule has 0 amide bonds. The quantitative estimate of drug-likeness (QED) is 0.686. The van der Waals surface area contributed by atoms with Crippen LogP contribution in [0.1, 0.15) is 10.4 Å². The number of aromatic nitrogens is 1. The Balaban J connectivity index is 2.45. The molecule has 0 bridgehead atoms. The van der Waals surface area contributed by atoms with E-state index in [2.05, 4.69) is 4.98 Å². The minimum Gasteiger partial charge on any atom is -0.477 e. The minimum absolute atomic E-state index is 0.138. The smallest absolute Gasteiger partial charge is 0.341 e. The van der Waals surface area contributed by atoms with Crippen molar-refractivity contribution >= 4 is 23.3 Å². The van der Waals surface area contributed by atoms with Crippen LogP contribution < -0.4 is 4.74 Å². The maximum absolute atomic E-state index is 11.0. The van der Waals surface area contributed by atoms with E-state index < -0.39 is 10.9 Å². The van der Waals surface area contributed by atoms with Crippen molar-refractivity contribution < 1.29 is 19.6 Å².